The van der Waals surface area contributed by atoms with Gasteiger partial charge in [0, 0.05) is 35.4 Å². The zero-order chi connectivity index (χ0) is 32.4. The van der Waals surface area contributed by atoms with E-state index in [1.54, 1.807) is 6.07 Å². The zero-order valence-corrected chi connectivity index (χ0v) is 26.5. The summed E-state index contributed by atoms with van der Waals surface area (Å²) in [6, 6.07) is 22.9. The van der Waals surface area contributed by atoms with E-state index in [2.05, 4.69) is 96.1 Å². The second-order valence-corrected chi connectivity index (χ2v) is 12.7. The van der Waals surface area contributed by atoms with Gasteiger partial charge in [0.15, 0.2) is 23.1 Å². The number of nitrogens with zero attached hydrogens (tertiary/aromatic N) is 4. The molecule has 3 aromatic carbocycles. The van der Waals surface area contributed by atoms with Crippen LogP contribution in [0.1, 0.15) is 46.1 Å². The average molecular weight is 620 g/mol. The molecule has 2 heterocycles. The molecule has 1 aliphatic rings. The zero-order valence-electron chi connectivity index (χ0n) is 26.5. The van der Waals surface area contributed by atoms with Crippen molar-refractivity contribution < 1.29 is 22.6 Å². The summed E-state index contributed by atoms with van der Waals surface area (Å²) < 4.78 is 51.5. The predicted molar refractivity (Wildman–Crippen MR) is 172 cm³/mol. The van der Waals surface area contributed by atoms with Gasteiger partial charge in [-0.25, -0.2) is 9.37 Å². The third-order valence-electron chi connectivity index (χ3n) is 8.77. The Morgan fingerprint density at radius 2 is 1.58 bits per heavy atom. The maximum atomic E-state index is 15.7. The molecule has 10 heteroatoms. The van der Waals surface area contributed by atoms with Crippen molar-refractivity contribution >= 4 is 17.5 Å². The number of halogens is 3. The smallest absolute Gasteiger partial charge is 0.387 e. The van der Waals surface area contributed by atoms with E-state index in [0.29, 0.717) is 12.2 Å². The fourth-order valence-corrected chi connectivity index (χ4v) is 6.24. The van der Waals surface area contributed by atoms with Crippen LogP contribution >= 0.6 is 0 Å². The van der Waals surface area contributed by atoms with Crippen LogP contribution in [-0.2, 0) is 6.54 Å². The Morgan fingerprint density at radius 3 is 2.20 bits per heavy atom. The van der Waals surface area contributed by atoms with Crippen LogP contribution < -0.4 is 19.7 Å². The van der Waals surface area contributed by atoms with Crippen LogP contribution in [0.4, 0.5) is 30.6 Å². The normalized spacial score (nSPS) is 16.4. The molecule has 1 aromatic heterocycles. The lowest BCUT2D eigenvalue weighted by molar-refractivity contribution is -0.0511. The van der Waals surface area contributed by atoms with Gasteiger partial charge in [0.25, 0.3) is 0 Å². The minimum absolute atomic E-state index is 0.0377. The van der Waals surface area contributed by atoms with Gasteiger partial charge < -0.3 is 19.7 Å². The van der Waals surface area contributed by atoms with E-state index in [-0.39, 0.29) is 40.4 Å². The van der Waals surface area contributed by atoms with E-state index in [1.807, 2.05) is 23.1 Å². The molecule has 5 rings (SSSR count). The second kappa shape index (κ2) is 13.0. The number of rotatable bonds is 10. The lowest BCUT2D eigenvalue weighted by Crippen LogP contribution is -2.62. The van der Waals surface area contributed by atoms with E-state index in [4.69, 9.17) is 4.74 Å². The van der Waals surface area contributed by atoms with E-state index >= 15 is 4.39 Å². The summed E-state index contributed by atoms with van der Waals surface area (Å²) in [4.78, 5) is 13.2. The van der Waals surface area contributed by atoms with E-state index in [9.17, 15) is 8.78 Å². The van der Waals surface area contributed by atoms with Crippen LogP contribution in [-0.4, -0.2) is 52.8 Å². The molecule has 0 unspecified atom stereocenters. The number of anilines is 3. The van der Waals surface area contributed by atoms with Crippen molar-refractivity contribution in [2.75, 3.05) is 24.4 Å². The van der Waals surface area contributed by atoms with Crippen LogP contribution in [0.5, 0.6) is 11.5 Å². The standard InChI is InChI=1S/C35H40F3N5O2/c1-34(2)19-27(20-35(3,4)42(34)5)43(22-23-12-14-25(15-13-23)24-10-8-7-9-11-24)31-28(36)21-39-33(41-31)40-26-16-17-29(44-6)30(18-26)45-32(37)38/h7-18,21,27,32H,19-20,22H2,1-6H3,(H,39,40,41). The topological polar surface area (TPSA) is 62.8 Å². The molecule has 45 heavy (non-hydrogen) atoms. The number of alkyl halides is 2. The number of nitrogens with one attached hydrogen (secondary N) is 1. The summed E-state index contributed by atoms with van der Waals surface area (Å²) >= 11 is 0. The van der Waals surface area contributed by atoms with Gasteiger partial charge >= 0.3 is 6.61 Å². The molecular formula is C35H40F3N5O2. The number of methoxy groups -OCH3 is 1. The molecule has 0 amide bonds. The van der Waals surface area contributed by atoms with Crippen LogP contribution in [0, 0.1) is 5.82 Å². The van der Waals surface area contributed by atoms with Crippen molar-refractivity contribution in [3.8, 4) is 22.6 Å². The maximum Gasteiger partial charge on any atom is 0.387 e. The van der Waals surface area contributed by atoms with E-state index in [0.717, 1.165) is 35.7 Å². The first-order valence-electron chi connectivity index (χ1n) is 14.9. The summed E-state index contributed by atoms with van der Waals surface area (Å²) in [5.41, 5.74) is 3.31. The monoisotopic (exact) mass is 619 g/mol. The largest absolute Gasteiger partial charge is 0.493 e. The molecule has 0 aliphatic carbocycles. The fourth-order valence-electron chi connectivity index (χ4n) is 6.24. The summed E-state index contributed by atoms with van der Waals surface area (Å²) in [7, 11) is 3.50. The second-order valence-electron chi connectivity index (χ2n) is 12.7. The summed E-state index contributed by atoms with van der Waals surface area (Å²) in [6.45, 7) is 6.23. The molecule has 1 saturated heterocycles. The first-order chi connectivity index (χ1) is 21.4. The molecule has 7 nitrogen and oxygen atoms in total. The predicted octanol–water partition coefficient (Wildman–Crippen LogP) is 8.29. The lowest BCUT2D eigenvalue weighted by Gasteiger charge is -2.55. The Kier molecular flexibility index (Phi) is 9.25. The van der Waals surface area contributed by atoms with Gasteiger partial charge in [0.2, 0.25) is 5.95 Å². The molecule has 1 N–H and O–H groups in total. The number of ether oxygens (including phenoxy) is 2. The highest BCUT2D eigenvalue weighted by Gasteiger charge is 2.45. The first-order valence-corrected chi connectivity index (χ1v) is 14.9. The molecule has 238 valence electrons. The number of hydrogen-bond acceptors (Lipinski definition) is 7. The molecule has 0 spiro atoms. The van der Waals surface area contributed by atoms with Gasteiger partial charge in [-0.1, -0.05) is 54.6 Å². The van der Waals surface area contributed by atoms with Gasteiger partial charge in [0.1, 0.15) is 0 Å². The van der Waals surface area contributed by atoms with Gasteiger partial charge in [-0.05, 0) is 76.4 Å². The van der Waals surface area contributed by atoms with Crippen LogP contribution in [0.25, 0.3) is 11.1 Å². The molecule has 0 radical (unpaired) electrons. The Balaban J connectivity index is 1.50. The molecule has 0 saturated carbocycles. The quantitative estimate of drug-likeness (QED) is 0.192. The number of aromatic nitrogens is 2. The average Bonchev–Trinajstić information content (AvgIpc) is 3.00. The SMILES string of the molecule is COc1ccc(Nc2ncc(F)c(N(Cc3ccc(-c4ccccc4)cc3)C3CC(C)(C)N(C)C(C)(C)C3)n2)cc1OC(F)F. The molecule has 0 atom stereocenters. The van der Waals surface area contributed by atoms with Crippen molar-refractivity contribution in [3.63, 3.8) is 0 Å². The van der Waals surface area contributed by atoms with E-state index < -0.39 is 12.4 Å². The summed E-state index contributed by atoms with van der Waals surface area (Å²) in [5.74, 6) is -0.254. The Hall–Kier alpha value is -4.31. The third kappa shape index (κ3) is 7.33. The number of piperidine rings is 1. The van der Waals surface area contributed by atoms with Crippen molar-refractivity contribution in [2.45, 2.75) is 70.8 Å². The summed E-state index contributed by atoms with van der Waals surface area (Å²) in [6.07, 6.45) is 2.71. The summed E-state index contributed by atoms with van der Waals surface area (Å²) in [5, 5.41) is 3.02. The van der Waals surface area contributed by atoms with Crippen molar-refractivity contribution in [3.05, 3.63) is 90.4 Å². The van der Waals surface area contributed by atoms with Gasteiger partial charge in [0.05, 0.1) is 13.3 Å². The lowest BCUT2D eigenvalue weighted by atomic mass is 9.77. The van der Waals surface area contributed by atoms with Gasteiger partial charge in [-0.15, -0.1) is 0 Å². The van der Waals surface area contributed by atoms with Crippen molar-refractivity contribution in [1.29, 1.82) is 0 Å². The van der Waals surface area contributed by atoms with E-state index in [1.165, 1.54) is 19.2 Å². The van der Waals surface area contributed by atoms with Crippen molar-refractivity contribution in [1.82, 2.24) is 14.9 Å². The van der Waals surface area contributed by atoms with Gasteiger partial charge in [-0.2, -0.15) is 13.8 Å². The Morgan fingerprint density at radius 1 is 0.933 bits per heavy atom. The third-order valence-corrected chi connectivity index (χ3v) is 8.77. The highest BCUT2D eigenvalue weighted by atomic mass is 19.3. The number of likely N-dealkylation sites (tertiary alicyclic amines) is 1. The van der Waals surface area contributed by atoms with Crippen molar-refractivity contribution in [2.24, 2.45) is 0 Å². The number of hydrogen-bond donors (Lipinski definition) is 1. The number of benzene rings is 3. The molecule has 4 aromatic rings. The maximum absolute atomic E-state index is 15.7. The van der Waals surface area contributed by atoms with Crippen LogP contribution in [0.3, 0.4) is 0 Å². The minimum atomic E-state index is -3.03. The molecule has 1 fully saturated rings. The molecule has 0 bridgehead atoms. The minimum Gasteiger partial charge on any atom is -0.493 e. The van der Waals surface area contributed by atoms with Crippen LogP contribution in [0.15, 0.2) is 79.0 Å². The first kappa shape index (κ1) is 32.1. The van der Waals surface area contributed by atoms with Crippen LogP contribution in [0.2, 0.25) is 0 Å². The highest BCUT2D eigenvalue weighted by molar-refractivity contribution is 5.64. The molecular weight excluding hydrogens is 579 g/mol. The fraction of sp³-hybridized carbons (Fsp3) is 0.371. The molecule has 1 aliphatic heterocycles. The Bertz CT molecular complexity index is 1580. The Labute approximate surface area is 263 Å². The van der Waals surface area contributed by atoms with Gasteiger partial charge in [-0.3, -0.25) is 4.90 Å². The highest BCUT2D eigenvalue weighted by Crippen LogP contribution is 2.41.